The van der Waals surface area contributed by atoms with Crippen LogP contribution in [0.1, 0.15) is 49.7 Å². The number of amides is 4. The summed E-state index contributed by atoms with van der Waals surface area (Å²) in [6.45, 7) is 3.73. The zero-order valence-electron chi connectivity index (χ0n) is 29.5. The minimum absolute atomic E-state index is 0.0107. The lowest BCUT2D eigenvalue weighted by molar-refractivity contribution is -0.142. The number of likely N-dealkylation sites (tertiary alicyclic amines) is 1. The lowest BCUT2D eigenvalue weighted by Gasteiger charge is -2.49. The van der Waals surface area contributed by atoms with Crippen molar-refractivity contribution >= 4 is 68.4 Å². The summed E-state index contributed by atoms with van der Waals surface area (Å²) in [6, 6.07) is 12.3. The Morgan fingerprint density at radius 2 is 1.85 bits per heavy atom. The summed E-state index contributed by atoms with van der Waals surface area (Å²) < 4.78 is 7.90. The summed E-state index contributed by atoms with van der Waals surface area (Å²) in [5.74, 6) is -5.83. The predicted molar refractivity (Wildman–Crippen MR) is 197 cm³/mol. The molecule has 8 rings (SSSR count). The number of thiophene rings is 1. The molecule has 0 radical (unpaired) electrons. The molecule has 0 bridgehead atoms. The number of halogens is 1. The first kappa shape index (κ1) is 35.0. The number of hydrogen-bond acceptors (Lipinski definition) is 9. The summed E-state index contributed by atoms with van der Waals surface area (Å²) in [6.07, 6.45) is 2.23. The molecule has 53 heavy (non-hydrogen) atoms. The number of aromatic nitrogens is 2. The molecule has 274 valence electrons. The van der Waals surface area contributed by atoms with Gasteiger partial charge in [-0.3, -0.25) is 33.6 Å². The number of carbonyl (C=O) groups is 5. The van der Waals surface area contributed by atoms with Gasteiger partial charge in [-0.25, -0.2) is 4.90 Å². The van der Waals surface area contributed by atoms with Crippen LogP contribution in [0.2, 0.25) is 5.02 Å². The normalized spacial score (nSPS) is 26.6. The molecule has 6 atom stereocenters. The van der Waals surface area contributed by atoms with Gasteiger partial charge in [0.25, 0.3) is 0 Å². The first-order valence-electron chi connectivity index (χ1n) is 17.5. The number of imide groups is 2. The number of fused-ring (bicyclic) bond motifs is 5. The van der Waals surface area contributed by atoms with Crippen LogP contribution in [0.25, 0.3) is 20.7 Å². The molecule has 4 aromatic rings. The van der Waals surface area contributed by atoms with Crippen LogP contribution < -0.4 is 9.64 Å². The number of carboxylic acids is 1. The molecule has 4 heterocycles. The fraction of sp³-hybridized carbons (Fsp3) is 0.385. The van der Waals surface area contributed by atoms with E-state index in [4.69, 9.17) is 26.5 Å². The Balaban J connectivity index is 1.22. The van der Waals surface area contributed by atoms with Gasteiger partial charge in [-0.1, -0.05) is 29.3 Å². The molecule has 2 N–H and O–H groups in total. The van der Waals surface area contributed by atoms with Gasteiger partial charge in [0.05, 0.1) is 35.2 Å². The summed E-state index contributed by atoms with van der Waals surface area (Å²) in [5.41, 5.74) is 1.34. The molecular weight excluding hydrogens is 720 g/mol. The minimum Gasteiger partial charge on any atom is -0.508 e. The second-order valence-electron chi connectivity index (χ2n) is 14.6. The third-order valence-corrected chi connectivity index (χ3v) is 13.4. The Morgan fingerprint density at radius 1 is 1.08 bits per heavy atom. The fourth-order valence-corrected chi connectivity index (χ4v) is 10.7. The molecule has 4 aliphatic rings. The van der Waals surface area contributed by atoms with Gasteiger partial charge in [0.2, 0.25) is 23.6 Å². The van der Waals surface area contributed by atoms with E-state index in [1.807, 2.05) is 31.2 Å². The summed E-state index contributed by atoms with van der Waals surface area (Å²) in [5, 5.41) is 27.0. The van der Waals surface area contributed by atoms with Gasteiger partial charge in [-0.15, -0.1) is 11.3 Å². The number of aryl methyl sites for hydroxylation is 2. The molecule has 4 amide bonds. The van der Waals surface area contributed by atoms with Crippen LogP contribution >= 0.6 is 22.9 Å². The van der Waals surface area contributed by atoms with Gasteiger partial charge in [-0.2, -0.15) is 5.10 Å². The Labute approximate surface area is 313 Å². The van der Waals surface area contributed by atoms with Crippen molar-refractivity contribution in [1.29, 1.82) is 0 Å². The summed E-state index contributed by atoms with van der Waals surface area (Å²) >= 11 is 7.84. The van der Waals surface area contributed by atoms with Crippen molar-refractivity contribution in [3.8, 4) is 22.1 Å². The van der Waals surface area contributed by atoms with E-state index in [1.165, 1.54) is 22.8 Å². The van der Waals surface area contributed by atoms with Crippen LogP contribution in [-0.4, -0.2) is 68.1 Å². The molecule has 14 heteroatoms. The maximum absolute atomic E-state index is 15.0. The smallest absolute Gasteiger partial charge is 0.303 e. The standard InChI is InChI=1S/C39H37ClN4O8S/c1-18-24-14-19(40)7-12-29(24)53-34(18)27-17-30(42(3)41-27)44-36(49)26-16-25-21(10-11-23-32(25)37(50)43(35(23)48)13-5-6-31(46)47)33(39(26,2)38(44)51)22-9-8-20(52-4)15-28(22)45/h7-10,12,14-15,17,23,25-26,32-33,45H,5-6,11,13,16H2,1-4H3,(H,46,47)/t23-,25+,26-,32-,33+,39+/m0/s1. The van der Waals surface area contributed by atoms with Crippen molar-refractivity contribution in [2.24, 2.45) is 36.1 Å². The fourth-order valence-electron chi connectivity index (χ4n) is 9.36. The summed E-state index contributed by atoms with van der Waals surface area (Å²) in [4.78, 5) is 71.9. The number of aliphatic carboxylic acids is 1. The SMILES string of the molecule is COc1ccc([C@H]2C3=CC[C@@H]4C(=O)N(CCCC(=O)O)C(=O)[C@@H]4[C@@H]3C[C@H]3C(=O)N(c4cc(-c5sc6ccc(Cl)cc6c5C)nn4C)C(=O)[C@@]23C)c(O)c1. The minimum atomic E-state index is -1.38. The third-order valence-electron chi connectivity index (χ3n) is 11.9. The highest BCUT2D eigenvalue weighted by atomic mass is 35.5. The number of allylic oxidation sites excluding steroid dienone is 2. The van der Waals surface area contributed by atoms with E-state index in [9.17, 15) is 24.3 Å². The lowest BCUT2D eigenvalue weighted by atomic mass is 9.51. The average molecular weight is 757 g/mol. The predicted octanol–water partition coefficient (Wildman–Crippen LogP) is 6.07. The van der Waals surface area contributed by atoms with Gasteiger partial charge >= 0.3 is 5.97 Å². The van der Waals surface area contributed by atoms with Crippen LogP contribution in [0.3, 0.4) is 0 Å². The molecule has 2 aromatic carbocycles. The maximum atomic E-state index is 15.0. The topological polar surface area (TPSA) is 159 Å². The van der Waals surface area contributed by atoms with Crippen LogP contribution in [0.5, 0.6) is 11.5 Å². The lowest BCUT2D eigenvalue weighted by Crippen LogP contribution is -2.49. The molecule has 1 saturated carbocycles. The Hall–Kier alpha value is -5.01. The van der Waals surface area contributed by atoms with Gasteiger partial charge in [0.15, 0.2) is 0 Å². The first-order chi connectivity index (χ1) is 25.3. The van der Waals surface area contributed by atoms with E-state index >= 15 is 4.79 Å². The maximum Gasteiger partial charge on any atom is 0.303 e. The van der Waals surface area contributed by atoms with Crippen molar-refractivity contribution in [2.75, 3.05) is 18.6 Å². The highest BCUT2D eigenvalue weighted by Gasteiger charge is 2.68. The van der Waals surface area contributed by atoms with E-state index in [-0.39, 0.29) is 43.9 Å². The van der Waals surface area contributed by atoms with E-state index in [2.05, 4.69) is 0 Å². The number of aromatic hydroxyl groups is 1. The number of carbonyl (C=O) groups excluding carboxylic acids is 4. The van der Waals surface area contributed by atoms with Crippen molar-refractivity contribution in [2.45, 2.75) is 45.4 Å². The molecule has 2 aliphatic carbocycles. The Bertz CT molecular complexity index is 2310. The third kappa shape index (κ3) is 5.14. The van der Waals surface area contributed by atoms with Crippen LogP contribution in [0.4, 0.5) is 5.82 Å². The Kier molecular flexibility index (Phi) is 8.30. The molecule has 0 spiro atoms. The van der Waals surface area contributed by atoms with Crippen molar-refractivity contribution in [3.05, 3.63) is 70.3 Å². The van der Waals surface area contributed by atoms with E-state index in [0.29, 0.717) is 27.8 Å². The van der Waals surface area contributed by atoms with Gasteiger partial charge in [0.1, 0.15) is 23.0 Å². The van der Waals surface area contributed by atoms with E-state index in [1.54, 1.807) is 43.5 Å². The first-order valence-corrected chi connectivity index (χ1v) is 18.7. The zero-order chi connectivity index (χ0) is 37.7. The largest absolute Gasteiger partial charge is 0.508 e. The van der Waals surface area contributed by atoms with E-state index in [0.717, 1.165) is 31.0 Å². The van der Waals surface area contributed by atoms with Crippen molar-refractivity contribution < 1.29 is 38.9 Å². The molecule has 12 nitrogen and oxygen atoms in total. The molecule has 2 saturated heterocycles. The molecule has 0 unspecified atom stereocenters. The Morgan fingerprint density at radius 3 is 2.57 bits per heavy atom. The van der Waals surface area contributed by atoms with E-state index < -0.39 is 58.7 Å². The molecular formula is C39H37ClN4O8S. The second-order valence-corrected chi connectivity index (χ2v) is 16.1. The van der Waals surface area contributed by atoms with Gasteiger partial charge in [0, 0.05) is 53.3 Å². The van der Waals surface area contributed by atoms with Gasteiger partial charge < -0.3 is 14.9 Å². The van der Waals surface area contributed by atoms with Crippen molar-refractivity contribution in [3.63, 3.8) is 0 Å². The number of phenols is 1. The quantitative estimate of drug-likeness (QED) is 0.161. The van der Waals surface area contributed by atoms with Crippen LogP contribution in [-0.2, 0) is 31.0 Å². The molecule has 3 fully saturated rings. The number of anilines is 1. The number of carboxylic acid groups (broad SMARTS) is 1. The second kappa shape index (κ2) is 12.6. The number of rotatable bonds is 8. The number of methoxy groups -OCH3 is 1. The zero-order valence-corrected chi connectivity index (χ0v) is 31.0. The average Bonchev–Trinajstić information content (AvgIpc) is 3.79. The molecule has 2 aromatic heterocycles. The monoisotopic (exact) mass is 756 g/mol. The molecule has 2 aliphatic heterocycles. The number of phenolic OH excluding ortho intramolecular Hbond substituents is 1. The number of nitrogens with zero attached hydrogens (tertiary/aromatic N) is 4. The van der Waals surface area contributed by atoms with Crippen LogP contribution in [0, 0.1) is 36.0 Å². The summed E-state index contributed by atoms with van der Waals surface area (Å²) in [7, 11) is 3.16. The highest BCUT2D eigenvalue weighted by Crippen LogP contribution is 2.64. The van der Waals surface area contributed by atoms with Crippen molar-refractivity contribution in [1.82, 2.24) is 14.7 Å². The van der Waals surface area contributed by atoms with Gasteiger partial charge in [-0.05, 0) is 74.2 Å². The highest BCUT2D eigenvalue weighted by molar-refractivity contribution is 7.22. The number of ether oxygens (including phenoxy) is 1. The van der Waals surface area contributed by atoms with Crippen LogP contribution in [0.15, 0.2) is 54.1 Å². The number of benzene rings is 2. The number of hydrogen-bond donors (Lipinski definition) is 2.